The molecule has 1 fully saturated rings. The van der Waals surface area contributed by atoms with Crippen molar-refractivity contribution in [2.45, 2.75) is 52.5 Å². The molecule has 0 atom stereocenters. The second kappa shape index (κ2) is 11.7. The van der Waals surface area contributed by atoms with Crippen LogP contribution in [-0.2, 0) is 11.3 Å². The van der Waals surface area contributed by atoms with E-state index < -0.39 is 0 Å². The number of aromatic nitrogens is 2. The number of methoxy groups -OCH3 is 1. The molecule has 0 radical (unpaired) electrons. The normalized spacial score (nSPS) is 15.7. The summed E-state index contributed by atoms with van der Waals surface area (Å²) in [6, 6.07) is 10.3. The molecule has 0 unspecified atom stereocenters. The minimum atomic E-state index is 0. The van der Waals surface area contributed by atoms with Gasteiger partial charge < -0.3 is 15.4 Å². The van der Waals surface area contributed by atoms with Crippen LogP contribution in [0.4, 0.5) is 0 Å². The molecule has 166 valence electrons. The molecule has 0 spiro atoms. The largest absolute Gasteiger partial charge is 0.385 e. The summed E-state index contributed by atoms with van der Waals surface area (Å²) in [5.74, 6) is 0.847. The predicted octanol–water partition coefficient (Wildman–Crippen LogP) is 4.37. The molecule has 1 aliphatic carbocycles. The van der Waals surface area contributed by atoms with Gasteiger partial charge in [-0.15, -0.1) is 24.0 Å². The van der Waals surface area contributed by atoms with Gasteiger partial charge in [-0.1, -0.05) is 31.0 Å². The Hall–Kier alpha value is -1.61. The lowest BCUT2D eigenvalue weighted by Crippen LogP contribution is -2.43. The van der Waals surface area contributed by atoms with E-state index >= 15 is 0 Å². The van der Waals surface area contributed by atoms with Crippen LogP contribution in [0.2, 0.25) is 0 Å². The first-order valence-electron chi connectivity index (χ1n) is 10.6. The molecule has 7 heteroatoms. The average molecular weight is 525 g/mol. The van der Waals surface area contributed by atoms with E-state index in [1.807, 2.05) is 29.9 Å². The Bertz CT molecular complexity index is 813. The summed E-state index contributed by atoms with van der Waals surface area (Å²) in [6.07, 6.45) is 6.27. The lowest BCUT2D eigenvalue weighted by atomic mass is 9.83. The molecule has 0 aliphatic heterocycles. The smallest absolute Gasteiger partial charge is 0.191 e. The van der Waals surface area contributed by atoms with Crippen LogP contribution in [0.15, 0.2) is 35.3 Å². The number of aryl methyl sites for hydroxylation is 1. The Morgan fingerprint density at radius 2 is 1.87 bits per heavy atom. The molecule has 1 aromatic heterocycles. The SMILES string of the molecule is CN=C(NCc1c(C)nn(-c2ccccc2)c1C)NCC1(CCOC)CCCC1.I. The van der Waals surface area contributed by atoms with Gasteiger partial charge in [-0.3, -0.25) is 4.99 Å². The van der Waals surface area contributed by atoms with E-state index in [0.717, 1.165) is 42.6 Å². The van der Waals surface area contributed by atoms with Crippen molar-refractivity contribution in [1.29, 1.82) is 0 Å². The van der Waals surface area contributed by atoms with Gasteiger partial charge >= 0.3 is 0 Å². The molecule has 1 aliphatic rings. The fraction of sp³-hybridized carbons (Fsp3) is 0.565. The maximum atomic E-state index is 5.35. The highest BCUT2D eigenvalue weighted by Gasteiger charge is 2.33. The number of halogens is 1. The van der Waals surface area contributed by atoms with E-state index in [4.69, 9.17) is 9.84 Å². The van der Waals surface area contributed by atoms with Crippen molar-refractivity contribution in [3.63, 3.8) is 0 Å². The van der Waals surface area contributed by atoms with E-state index in [1.165, 1.54) is 31.2 Å². The lowest BCUT2D eigenvalue weighted by Gasteiger charge is -2.30. The third kappa shape index (κ3) is 5.97. The number of rotatable bonds is 8. The van der Waals surface area contributed by atoms with Crippen LogP contribution < -0.4 is 10.6 Å². The molecule has 3 rings (SSSR count). The van der Waals surface area contributed by atoms with Crippen LogP contribution in [-0.4, -0.2) is 43.0 Å². The van der Waals surface area contributed by atoms with Gasteiger partial charge in [0.1, 0.15) is 0 Å². The zero-order valence-electron chi connectivity index (χ0n) is 18.7. The quantitative estimate of drug-likeness (QED) is 0.305. The fourth-order valence-corrected chi connectivity index (χ4v) is 4.37. The third-order valence-electron chi connectivity index (χ3n) is 6.23. The molecule has 2 N–H and O–H groups in total. The van der Waals surface area contributed by atoms with E-state index in [0.29, 0.717) is 12.0 Å². The minimum Gasteiger partial charge on any atom is -0.385 e. The fourth-order valence-electron chi connectivity index (χ4n) is 4.37. The molecular weight excluding hydrogens is 489 g/mol. The highest BCUT2D eigenvalue weighted by atomic mass is 127. The zero-order valence-corrected chi connectivity index (χ0v) is 21.0. The number of nitrogens with one attached hydrogen (secondary N) is 2. The van der Waals surface area contributed by atoms with Gasteiger partial charge in [-0.25, -0.2) is 4.68 Å². The van der Waals surface area contributed by atoms with E-state index in [9.17, 15) is 0 Å². The van der Waals surface area contributed by atoms with Crippen molar-refractivity contribution < 1.29 is 4.74 Å². The van der Waals surface area contributed by atoms with Gasteiger partial charge in [-0.05, 0) is 50.7 Å². The van der Waals surface area contributed by atoms with Crippen LogP contribution in [0.1, 0.15) is 49.1 Å². The second-order valence-corrected chi connectivity index (χ2v) is 8.13. The van der Waals surface area contributed by atoms with Gasteiger partial charge in [0, 0.05) is 45.1 Å². The van der Waals surface area contributed by atoms with Crippen molar-refractivity contribution in [3.05, 3.63) is 47.3 Å². The van der Waals surface area contributed by atoms with Crippen LogP contribution in [0.5, 0.6) is 0 Å². The number of nitrogens with zero attached hydrogens (tertiary/aromatic N) is 3. The maximum Gasteiger partial charge on any atom is 0.191 e. The van der Waals surface area contributed by atoms with Crippen LogP contribution in [0, 0.1) is 19.3 Å². The standard InChI is InChI=1S/C23H35N5O.HI/c1-18-21(19(2)28(27-18)20-10-6-5-7-11-20)16-25-22(24-3)26-17-23(14-15-29-4)12-8-9-13-23;/h5-7,10-11H,8-9,12-17H2,1-4H3,(H2,24,25,26);1H. The molecule has 1 heterocycles. The molecule has 0 amide bonds. The van der Waals surface area contributed by atoms with Crippen molar-refractivity contribution in [2.75, 3.05) is 27.3 Å². The van der Waals surface area contributed by atoms with Crippen molar-refractivity contribution in [2.24, 2.45) is 10.4 Å². The van der Waals surface area contributed by atoms with E-state index in [2.05, 4.69) is 41.6 Å². The second-order valence-electron chi connectivity index (χ2n) is 8.13. The van der Waals surface area contributed by atoms with E-state index in [-0.39, 0.29) is 24.0 Å². The first-order valence-corrected chi connectivity index (χ1v) is 10.6. The molecule has 2 aromatic rings. The Kier molecular flexibility index (Phi) is 9.61. The molecule has 1 saturated carbocycles. The Morgan fingerprint density at radius 3 is 2.50 bits per heavy atom. The van der Waals surface area contributed by atoms with Gasteiger partial charge in [-0.2, -0.15) is 5.10 Å². The lowest BCUT2D eigenvalue weighted by molar-refractivity contribution is 0.138. The number of hydrogen-bond donors (Lipinski definition) is 2. The summed E-state index contributed by atoms with van der Waals surface area (Å²) in [6.45, 7) is 6.66. The summed E-state index contributed by atoms with van der Waals surface area (Å²) < 4.78 is 7.36. The zero-order chi connectivity index (χ0) is 20.7. The van der Waals surface area contributed by atoms with Crippen molar-refractivity contribution in [1.82, 2.24) is 20.4 Å². The molecule has 6 nitrogen and oxygen atoms in total. The first kappa shape index (κ1) is 24.7. The Labute approximate surface area is 197 Å². The number of aliphatic imine (C=N–C) groups is 1. The molecule has 30 heavy (non-hydrogen) atoms. The van der Waals surface area contributed by atoms with Crippen LogP contribution in [0.25, 0.3) is 5.69 Å². The first-order chi connectivity index (χ1) is 14.1. The minimum absolute atomic E-state index is 0. The third-order valence-corrected chi connectivity index (χ3v) is 6.23. The predicted molar refractivity (Wildman–Crippen MR) is 134 cm³/mol. The monoisotopic (exact) mass is 525 g/mol. The van der Waals surface area contributed by atoms with Gasteiger partial charge in [0.05, 0.1) is 11.4 Å². The highest BCUT2D eigenvalue weighted by molar-refractivity contribution is 14.0. The van der Waals surface area contributed by atoms with Gasteiger partial charge in [0.25, 0.3) is 0 Å². The number of hydrogen-bond acceptors (Lipinski definition) is 3. The molecule has 0 saturated heterocycles. The van der Waals surface area contributed by atoms with Gasteiger partial charge in [0.15, 0.2) is 5.96 Å². The van der Waals surface area contributed by atoms with Crippen molar-refractivity contribution >= 4 is 29.9 Å². The number of benzene rings is 1. The van der Waals surface area contributed by atoms with Crippen LogP contribution in [0.3, 0.4) is 0 Å². The summed E-state index contributed by atoms with van der Waals surface area (Å²) in [5, 5.41) is 11.8. The Balaban J connectivity index is 0.00000320. The number of ether oxygens (including phenoxy) is 1. The highest BCUT2D eigenvalue weighted by Crippen LogP contribution is 2.40. The summed E-state index contributed by atoms with van der Waals surface area (Å²) in [5.41, 5.74) is 4.83. The van der Waals surface area contributed by atoms with Crippen LogP contribution >= 0.6 is 24.0 Å². The average Bonchev–Trinajstić information content (AvgIpc) is 3.32. The Morgan fingerprint density at radius 1 is 1.17 bits per heavy atom. The van der Waals surface area contributed by atoms with Gasteiger partial charge in [0.2, 0.25) is 0 Å². The molecular formula is C23H36IN5O. The van der Waals surface area contributed by atoms with E-state index in [1.54, 1.807) is 7.11 Å². The number of para-hydroxylation sites is 1. The molecule has 0 bridgehead atoms. The topological polar surface area (TPSA) is 63.5 Å². The summed E-state index contributed by atoms with van der Waals surface area (Å²) >= 11 is 0. The molecule has 1 aromatic carbocycles. The van der Waals surface area contributed by atoms with Crippen molar-refractivity contribution in [3.8, 4) is 5.69 Å². The summed E-state index contributed by atoms with van der Waals surface area (Å²) in [7, 11) is 3.62. The summed E-state index contributed by atoms with van der Waals surface area (Å²) in [4.78, 5) is 4.44. The maximum absolute atomic E-state index is 5.35. The number of guanidine groups is 1.